The van der Waals surface area contributed by atoms with Crippen LogP contribution in [0.2, 0.25) is 0 Å². The molecule has 3 aromatic rings. The van der Waals surface area contributed by atoms with E-state index < -0.39 is 0 Å². The summed E-state index contributed by atoms with van der Waals surface area (Å²) in [6.45, 7) is 0. The van der Waals surface area contributed by atoms with Crippen LogP contribution in [-0.4, -0.2) is 21.1 Å². The molecule has 5 nitrogen and oxygen atoms in total. The molecule has 2 heterocycles. The Kier molecular flexibility index (Phi) is 3.24. The largest absolute Gasteiger partial charge is 0.307 e. The molecule has 0 aliphatic carbocycles. The molecule has 0 unspecified atom stereocenters. The zero-order valence-corrected chi connectivity index (χ0v) is 10.6. The van der Waals surface area contributed by atoms with E-state index in [-0.39, 0.29) is 5.91 Å². The monoisotopic (exact) mass is 264 g/mol. The normalized spacial score (nSPS) is 10.2. The predicted octanol–water partition coefficient (Wildman–Crippen LogP) is 2.72. The van der Waals surface area contributed by atoms with Gasteiger partial charge >= 0.3 is 0 Å². The first-order valence-electron chi connectivity index (χ1n) is 6.14. The van der Waals surface area contributed by atoms with Crippen LogP contribution in [-0.2, 0) is 0 Å². The van der Waals surface area contributed by atoms with Gasteiger partial charge in [-0.3, -0.25) is 14.9 Å². The number of amides is 1. The van der Waals surface area contributed by atoms with Gasteiger partial charge in [0.2, 0.25) is 0 Å². The van der Waals surface area contributed by atoms with E-state index in [2.05, 4.69) is 20.5 Å². The number of hydrogen-bond donors (Lipinski definition) is 2. The van der Waals surface area contributed by atoms with Gasteiger partial charge in [-0.25, -0.2) is 0 Å². The highest BCUT2D eigenvalue weighted by Gasteiger charge is 2.08. The van der Waals surface area contributed by atoms with Gasteiger partial charge in [0.25, 0.3) is 5.91 Å². The van der Waals surface area contributed by atoms with Crippen molar-refractivity contribution in [1.29, 1.82) is 0 Å². The van der Waals surface area contributed by atoms with E-state index in [1.54, 1.807) is 30.7 Å². The zero-order chi connectivity index (χ0) is 13.8. The van der Waals surface area contributed by atoms with Crippen LogP contribution in [0.1, 0.15) is 10.4 Å². The molecular weight excluding hydrogens is 252 g/mol. The molecule has 0 saturated heterocycles. The van der Waals surface area contributed by atoms with E-state index in [9.17, 15) is 4.79 Å². The molecule has 0 spiro atoms. The fourth-order valence-corrected chi connectivity index (χ4v) is 1.90. The number of benzene rings is 1. The van der Waals surface area contributed by atoms with Crippen molar-refractivity contribution in [3.05, 3.63) is 66.6 Å². The lowest BCUT2D eigenvalue weighted by Gasteiger charge is -2.05. The standard InChI is InChI=1S/C15H12N4O/c20-15(18-14-6-9-17-19-14)13-3-1-2-12(10-13)11-4-7-16-8-5-11/h1-10H,(H2,17,18,19,20). The molecule has 2 aromatic heterocycles. The summed E-state index contributed by atoms with van der Waals surface area (Å²) in [5.74, 6) is 0.398. The third kappa shape index (κ3) is 2.56. The zero-order valence-electron chi connectivity index (χ0n) is 10.6. The Labute approximate surface area is 115 Å². The molecule has 0 aliphatic rings. The van der Waals surface area contributed by atoms with Crippen LogP contribution in [0.4, 0.5) is 5.82 Å². The van der Waals surface area contributed by atoms with E-state index in [0.717, 1.165) is 11.1 Å². The maximum Gasteiger partial charge on any atom is 0.256 e. The van der Waals surface area contributed by atoms with Crippen LogP contribution in [0.3, 0.4) is 0 Å². The van der Waals surface area contributed by atoms with Gasteiger partial charge in [-0.2, -0.15) is 5.10 Å². The number of carbonyl (C=O) groups is 1. The van der Waals surface area contributed by atoms with Gasteiger partial charge in [0, 0.05) is 24.0 Å². The molecule has 0 bridgehead atoms. The number of nitrogens with one attached hydrogen (secondary N) is 2. The molecule has 0 saturated carbocycles. The number of aromatic nitrogens is 3. The average Bonchev–Trinajstić information content (AvgIpc) is 3.01. The van der Waals surface area contributed by atoms with Crippen molar-refractivity contribution in [2.75, 3.05) is 5.32 Å². The molecule has 2 N–H and O–H groups in total. The molecule has 1 aromatic carbocycles. The van der Waals surface area contributed by atoms with Crippen molar-refractivity contribution in [2.45, 2.75) is 0 Å². The van der Waals surface area contributed by atoms with Crippen LogP contribution in [0.15, 0.2) is 61.1 Å². The van der Waals surface area contributed by atoms with Crippen LogP contribution >= 0.6 is 0 Å². The SMILES string of the molecule is O=C(Nc1ccn[nH]1)c1cccc(-c2ccncc2)c1. The predicted molar refractivity (Wildman–Crippen MR) is 76.2 cm³/mol. The smallest absolute Gasteiger partial charge is 0.256 e. The summed E-state index contributed by atoms with van der Waals surface area (Å²) in [7, 11) is 0. The summed E-state index contributed by atoms with van der Waals surface area (Å²) in [6.07, 6.45) is 5.04. The molecule has 1 amide bonds. The minimum absolute atomic E-state index is 0.176. The first-order chi connectivity index (χ1) is 9.83. The highest BCUT2D eigenvalue weighted by Crippen LogP contribution is 2.19. The van der Waals surface area contributed by atoms with Gasteiger partial charge in [-0.05, 0) is 35.4 Å². The lowest BCUT2D eigenvalue weighted by molar-refractivity contribution is 0.102. The van der Waals surface area contributed by atoms with Gasteiger partial charge in [-0.15, -0.1) is 0 Å². The van der Waals surface area contributed by atoms with Crippen LogP contribution in [0.25, 0.3) is 11.1 Å². The summed E-state index contributed by atoms with van der Waals surface area (Å²) in [4.78, 5) is 16.1. The number of anilines is 1. The van der Waals surface area contributed by atoms with E-state index in [1.807, 2.05) is 30.3 Å². The maximum atomic E-state index is 12.1. The molecule has 0 radical (unpaired) electrons. The second kappa shape index (κ2) is 5.36. The summed E-state index contributed by atoms with van der Waals surface area (Å²) in [6, 6.07) is 13.0. The van der Waals surface area contributed by atoms with Gasteiger partial charge in [0.05, 0.1) is 6.20 Å². The fourth-order valence-electron chi connectivity index (χ4n) is 1.90. The summed E-state index contributed by atoms with van der Waals surface area (Å²) in [5.41, 5.74) is 2.59. The Morgan fingerprint density at radius 1 is 1.00 bits per heavy atom. The fraction of sp³-hybridized carbons (Fsp3) is 0. The topological polar surface area (TPSA) is 70.7 Å². The number of carbonyl (C=O) groups excluding carboxylic acids is 1. The van der Waals surface area contributed by atoms with Crippen molar-refractivity contribution >= 4 is 11.7 Å². The van der Waals surface area contributed by atoms with Gasteiger partial charge in [-0.1, -0.05) is 12.1 Å². The Hall–Kier alpha value is -2.95. The second-order valence-corrected chi connectivity index (χ2v) is 4.24. The molecular formula is C15H12N4O. The van der Waals surface area contributed by atoms with Gasteiger partial charge in [0.1, 0.15) is 5.82 Å². The quantitative estimate of drug-likeness (QED) is 0.764. The Bertz CT molecular complexity index is 708. The number of rotatable bonds is 3. The van der Waals surface area contributed by atoms with Crippen molar-refractivity contribution in [3.8, 4) is 11.1 Å². The first kappa shape index (κ1) is 12.1. The third-order valence-electron chi connectivity index (χ3n) is 2.89. The number of nitrogens with zero attached hydrogens (tertiary/aromatic N) is 2. The summed E-state index contributed by atoms with van der Waals surface area (Å²) >= 11 is 0. The molecule has 0 aliphatic heterocycles. The van der Waals surface area contributed by atoms with Gasteiger partial charge in [0.15, 0.2) is 0 Å². The lowest BCUT2D eigenvalue weighted by Crippen LogP contribution is -2.12. The highest BCUT2D eigenvalue weighted by molar-refractivity contribution is 6.04. The number of hydrogen-bond acceptors (Lipinski definition) is 3. The highest BCUT2D eigenvalue weighted by atomic mass is 16.1. The Morgan fingerprint density at radius 3 is 2.60 bits per heavy atom. The number of aromatic amines is 1. The van der Waals surface area contributed by atoms with Crippen molar-refractivity contribution in [3.63, 3.8) is 0 Å². The molecule has 0 atom stereocenters. The van der Waals surface area contributed by atoms with E-state index in [4.69, 9.17) is 0 Å². The minimum atomic E-state index is -0.176. The molecule has 5 heteroatoms. The average molecular weight is 264 g/mol. The summed E-state index contributed by atoms with van der Waals surface area (Å²) < 4.78 is 0. The van der Waals surface area contributed by atoms with Crippen LogP contribution < -0.4 is 5.32 Å². The first-order valence-corrected chi connectivity index (χ1v) is 6.14. The van der Waals surface area contributed by atoms with Crippen molar-refractivity contribution in [2.24, 2.45) is 0 Å². The molecule has 20 heavy (non-hydrogen) atoms. The third-order valence-corrected chi connectivity index (χ3v) is 2.89. The minimum Gasteiger partial charge on any atom is -0.307 e. The van der Waals surface area contributed by atoms with Crippen LogP contribution in [0.5, 0.6) is 0 Å². The van der Waals surface area contributed by atoms with Gasteiger partial charge < -0.3 is 5.32 Å². The van der Waals surface area contributed by atoms with Crippen molar-refractivity contribution in [1.82, 2.24) is 15.2 Å². The Morgan fingerprint density at radius 2 is 1.85 bits per heavy atom. The lowest BCUT2D eigenvalue weighted by atomic mass is 10.0. The van der Waals surface area contributed by atoms with E-state index in [0.29, 0.717) is 11.4 Å². The van der Waals surface area contributed by atoms with E-state index in [1.165, 1.54) is 0 Å². The number of H-pyrrole nitrogens is 1. The van der Waals surface area contributed by atoms with E-state index >= 15 is 0 Å². The molecule has 0 fully saturated rings. The molecule has 98 valence electrons. The summed E-state index contributed by atoms with van der Waals surface area (Å²) in [5, 5.41) is 9.23. The number of pyridine rings is 1. The van der Waals surface area contributed by atoms with Crippen molar-refractivity contribution < 1.29 is 4.79 Å². The molecule has 3 rings (SSSR count). The second-order valence-electron chi connectivity index (χ2n) is 4.24. The van der Waals surface area contributed by atoms with Crippen LogP contribution in [0, 0.1) is 0 Å². The Balaban J connectivity index is 1.86. The maximum absolute atomic E-state index is 12.1.